The molecular formula is C55H64F5N9O9. The summed E-state index contributed by atoms with van der Waals surface area (Å²) in [5, 5.41) is 29.1. The number of fused-ring (bicyclic) bond motifs is 2. The first-order valence-electron chi connectivity index (χ1n) is 25.4. The Labute approximate surface area is 448 Å². The Kier molecular flexibility index (Phi) is 18.3. The summed E-state index contributed by atoms with van der Waals surface area (Å²) < 4.78 is 85.9. The van der Waals surface area contributed by atoms with E-state index < -0.39 is 95.5 Å². The molecule has 7 rings (SSSR count). The first kappa shape index (κ1) is 58.3. The minimum absolute atomic E-state index is 0.0735. The Morgan fingerprint density at radius 1 is 0.846 bits per heavy atom. The number of alkyl halides is 3. The number of carboxylic acid groups (broad SMARTS) is 1. The van der Waals surface area contributed by atoms with E-state index in [2.05, 4.69) is 47.5 Å². The number of anilines is 1. The molecule has 0 aliphatic carbocycles. The van der Waals surface area contributed by atoms with Crippen LogP contribution in [0.25, 0.3) is 11.3 Å². The summed E-state index contributed by atoms with van der Waals surface area (Å²) in [7, 11) is 0.889. The Morgan fingerprint density at radius 3 is 2.05 bits per heavy atom. The molecule has 2 aromatic carbocycles. The van der Waals surface area contributed by atoms with Crippen LogP contribution in [0.15, 0.2) is 79.1 Å². The van der Waals surface area contributed by atoms with E-state index in [1.807, 2.05) is 22.3 Å². The largest absolute Gasteiger partial charge is 0.465 e. The highest BCUT2D eigenvalue weighted by Gasteiger charge is 2.56. The maximum atomic E-state index is 16.0. The second kappa shape index (κ2) is 24.5. The van der Waals surface area contributed by atoms with Gasteiger partial charge in [-0.2, -0.15) is 13.2 Å². The summed E-state index contributed by atoms with van der Waals surface area (Å²) in [5.41, 5.74) is -0.316. The Balaban J connectivity index is 1.13. The van der Waals surface area contributed by atoms with Crippen molar-refractivity contribution >= 4 is 35.7 Å². The lowest BCUT2D eigenvalue weighted by Crippen LogP contribution is -2.63. The molecule has 18 nitrogen and oxygen atoms in total. The number of rotatable bonds is 17. The number of aliphatic hydroxyl groups excluding tert-OH is 1. The normalized spacial score (nSPS) is 19.0. The van der Waals surface area contributed by atoms with Crippen molar-refractivity contribution in [2.24, 2.45) is 10.8 Å². The van der Waals surface area contributed by atoms with Crippen LogP contribution in [0, 0.1) is 34.3 Å². The van der Waals surface area contributed by atoms with Crippen LogP contribution in [0.5, 0.6) is 0 Å². The van der Waals surface area contributed by atoms with Crippen molar-refractivity contribution in [1.82, 2.24) is 41.3 Å². The lowest BCUT2D eigenvalue weighted by atomic mass is 9.82. The van der Waals surface area contributed by atoms with Gasteiger partial charge in [0.2, 0.25) is 5.91 Å². The van der Waals surface area contributed by atoms with Gasteiger partial charge in [0.15, 0.2) is 0 Å². The van der Waals surface area contributed by atoms with Gasteiger partial charge in [0.05, 0.1) is 30.4 Å². The van der Waals surface area contributed by atoms with E-state index in [-0.39, 0.29) is 41.8 Å². The topological polar surface area (TPSA) is 228 Å². The number of piperazine rings is 1. The van der Waals surface area contributed by atoms with Gasteiger partial charge >= 0.3 is 18.4 Å². The summed E-state index contributed by atoms with van der Waals surface area (Å²) in [4.78, 5) is 78.5. The van der Waals surface area contributed by atoms with E-state index in [0.29, 0.717) is 50.2 Å². The smallest absolute Gasteiger partial charge is 0.407 e. The third-order valence-corrected chi connectivity index (χ3v) is 14.3. The highest BCUT2D eigenvalue weighted by Crippen LogP contribution is 2.41. The predicted molar refractivity (Wildman–Crippen MR) is 275 cm³/mol. The zero-order chi connectivity index (χ0) is 56.7. The maximum absolute atomic E-state index is 16.0. The fourth-order valence-electron chi connectivity index (χ4n) is 9.77. The van der Waals surface area contributed by atoms with Crippen molar-refractivity contribution in [1.29, 1.82) is 0 Å². The number of nitrogens with zero attached hydrogens (tertiary/aromatic N) is 5. The number of ether oxygens (including phenoxy) is 2. The SMILES string of the molecule is COC(=O)NC(C(=O)NC(Cc1ccc(C#Cc2ccc(N3CC4CCC(C3)N4C(=O)[C@@H]3CCCO3)nc2)cc1)C(O)CN(Cc1c(F)cc(-c2ccccn2)cc1F)NC(=O)C(NC(=O)O)C(C)(C)C)C(C)(C)C(F)(F)F. The average Bonchev–Trinajstić information content (AvgIpc) is 4.15. The van der Waals surface area contributed by atoms with Gasteiger partial charge in [0.25, 0.3) is 11.8 Å². The molecule has 3 aliphatic heterocycles. The van der Waals surface area contributed by atoms with E-state index in [9.17, 15) is 47.4 Å². The van der Waals surface area contributed by atoms with Crippen molar-refractivity contribution in [3.05, 3.63) is 113 Å². The molecule has 78 heavy (non-hydrogen) atoms. The van der Waals surface area contributed by atoms with Crippen molar-refractivity contribution in [2.45, 2.75) is 122 Å². The number of hydrogen-bond acceptors (Lipinski definition) is 12. The number of nitrogens with one attached hydrogen (secondary N) is 4. The van der Waals surface area contributed by atoms with E-state index in [0.717, 1.165) is 55.8 Å². The molecule has 5 amide bonds. The summed E-state index contributed by atoms with van der Waals surface area (Å²) in [6.45, 7) is 6.34. The summed E-state index contributed by atoms with van der Waals surface area (Å²) in [6.07, 6.45) is -4.05. The number of halogens is 5. The average molecular weight is 1090 g/mol. The number of hydrazine groups is 1. The number of amides is 5. The second-order valence-corrected chi connectivity index (χ2v) is 21.3. The summed E-state index contributed by atoms with van der Waals surface area (Å²) >= 11 is 0. The second-order valence-electron chi connectivity index (χ2n) is 21.3. The number of methoxy groups -OCH3 is 1. The molecule has 0 spiro atoms. The third kappa shape index (κ3) is 14.2. The number of aliphatic hydroxyl groups is 1. The number of benzene rings is 2. The van der Waals surface area contributed by atoms with Gasteiger partial charge in [-0.05, 0) is 105 Å². The number of pyridine rings is 2. The van der Waals surface area contributed by atoms with Crippen LogP contribution < -0.4 is 26.3 Å². The molecule has 0 radical (unpaired) electrons. The van der Waals surface area contributed by atoms with Crippen LogP contribution in [0.2, 0.25) is 0 Å². The van der Waals surface area contributed by atoms with Crippen molar-refractivity contribution in [3.8, 4) is 23.1 Å². The van der Waals surface area contributed by atoms with Gasteiger partial charge in [0, 0.05) is 79.5 Å². The Hall–Kier alpha value is -7.42. The molecule has 3 aliphatic rings. The zero-order valence-corrected chi connectivity index (χ0v) is 44.0. The molecule has 5 heterocycles. The van der Waals surface area contributed by atoms with Crippen molar-refractivity contribution < 1.29 is 65.6 Å². The number of carbonyl (C=O) groups is 5. The van der Waals surface area contributed by atoms with E-state index >= 15 is 8.78 Å². The maximum Gasteiger partial charge on any atom is 0.407 e. The van der Waals surface area contributed by atoms with Gasteiger partial charge in [-0.1, -0.05) is 50.8 Å². The minimum atomic E-state index is -5.07. The van der Waals surface area contributed by atoms with Crippen LogP contribution in [0.4, 0.5) is 37.4 Å². The van der Waals surface area contributed by atoms with Gasteiger partial charge in [0.1, 0.15) is 35.6 Å². The van der Waals surface area contributed by atoms with Crippen molar-refractivity contribution in [2.75, 3.05) is 38.3 Å². The Morgan fingerprint density at radius 2 is 1.50 bits per heavy atom. The van der Waals surface area contributed by atoms with Gasteiger partial charge in [-0.3, -0.25) is 24.8 Å². The zero-order valence-electron chi connectivity index (χ0n) is 44.0. The van der Waals surface area contributed by atoms with E-state index in [1.54, 1.807) is 63.4 Å². The summed E-state index contributed by atoms with van der Waals surface area (Å²) in [6, 6.07) is 11.7. The molecule has 2 bridgehead atoms. The first-order valence-corrected chi connectivity index (χ1v) is 25.4. The molecule has 4 aromatic rings. The fraction of sp³-hybridized carbons (Fsp3) is 0.473. The molecule has 6 N–H and O–H groups in total. The molecule has 23 heteroatoms. The van der Waals surface area contributed by atoms with Crippen molar-refractivity contribution in [3.63, 3.8) is 0 Å². The minimum Gasteiger partial charge on any atom is -0.465 e. The monoisotopic (exact) mass is 1090 g/mol. The molecular weight excluding hydrogens is 1030 g/mol. The van der Waals surface area contributed by atoms with Gasteiger partial charge < -0.3 is 45.4 Å². The molecule has 2 aromatic heterocycles. The van der Waals surface area contributed by atoms with Crippen LogP contribution in [0.1, 0.15) is 82.6 Å². The number of alkyl carbamates (subject to hydrolysis) is 1. The Bertz CT molecular complexity index is 2820. The van der Waals surface area contributed by atoms with E-state index in [4.69, 9.17) is 4.74 Å². The molecule has 3 fully saturated rings. The van der Waals surface area contributed by atoms with Gasteiger partial charge in [-0.15, -0.1) is 0 Å². The highest BCUT2D eigenvalue weighted by atomic mass is 19.4. The summed E-state index contributed by atoms with van der Waals surface area (Å²) in [5.74, 6) is 2.39. The molecule has 7 atom stereocenters. The highest BCUT2D eigenvalue weighted by molar-refractivity contribution is 5.87. The molecule has 6 unspecified atom stereocenters. The first-order chi connectivity index (χ1) is 36.8. The number of aromatic nitrogens is 2. The predicted octanol–water partition coefficient (Wildman–Crippen LogP) is 6.10. The lowest BCUT2D eigenvalue weighted by Gasteiger charge is -2.42. The van der Waals surface area contributed by atoms with Gasteiger partial charge in [-0.25, -0.2) is 28.4 Å². The molecule has 418 valence electrons. The fourth-order valence-corrected chi connectivity index (χ4v) is 9.77. The number of carbonyl (C=O) groups excluding carboxylic acids is 4. The van der Waals surface area contributed by atoms with Crippen LogP contribution in [0.3, 0.4) is 0 Å². The molecule has 3 saturated heterocycles. The third-order valence-electron chi connectivity index (χ3n) is 14.3. The van der Waals surface area contributed by atoms with E-state index in [1.165, 1.54) is 12.3 Å². The lowest BCUT2D eigenvalue weighted by molar-refractivity contribution is -0.220. The standard InChI is InChI=1S/C55H64F5N9O9/c1-53(2,3)46(64-51(74)75)49(72)66-68(30-38-39(56)25-35(26-40(38)57)41-10-7-8-22-61-41)31-43(70)42(63-48(71)47(65-52(76)77-6)54(4,5)55(58,59)60)24-33-15-12-32(13-16-33)14-17-34-18-21-45(62-27-34)67-28-36-19-20-37(29-67)69(36)50(73)44-11-9-23-78-44/h7-8,10,12-13,15-16,18,21-22,25-27,36-37,42-44,46-47,64,70H,9,11,19-20,23-24,28-31H2,1-6H3,(H,63,71)(H,65,76)(H,66,72)(H,74,75)/t36?,37?,42?,43?,44-,46?,47?/m0/s1. The van der Waals surface area contributed by atoms with Crippen LogP contribution >= 0.6 is 0 Å². The number of hydrogen-bond donors (Lipinski definition) is 6. The molecule has 0 saturated carbocycles. The van der Waals surface area contributed by atoms with Crippen LogP contribution in [-0.2, 0) is 36.8 Å². The van der Waals surface area contributed by atoms with Crippen LogP contribution in [-0.4, -0.2) is 142 Å². The quantitative estimate of drug-likeness (QED) is 0.0400.